The van der Waals surface area contributed by atoms with Crippen LogP contribution in [0.1, 0.15) is 45.6 Å². The molecule has 0 aliphatic carbocycles. The number of rotatable bonds is 1. The molecular weight excluding hydrogens is 224 g/mol. The van der Waals surface area contributed by atoms with Crippen LogP contribution in [0.25, 0.3) is 11.4 Å². The predicted octanol–water partition coefficient (Wildman–Crippen LogP) is 4.80. The minimum absolute atomic E-state index is 0.593. The molecule has 0 spiro atoms. The maximum absolute atomic E-state index is 4.89. The Balaban J connectivity index is 0.000000509. The summed E-state index contributed by atoms with van der Waals surface area (Å²) >= 11 is 0. The molecule has 0 fully saturated rings. The van der Waals surface area contributed by atoms with Crippen LogP contribution in [0.3, 0.4) is 0 Å². The third-order valence-corrected chi connectivity index (χ3v) is 1.84. The van der Waals surface area contributed by atoms with E-state index in [1.807, 2.05) is 45.0 Å². The molecule has 0 radical (unpaired) electrons. The lowest BCUT2D eigenvalue weighted by molar-refractivity contribution is 0.394. The highest BCUT2D eigenvalue weighted by Gasteiger charge is 2.03. The van der Waals surface area contributed by atoms with E-state index >= 15 is 0 Å². The van der Waals surface area contributed by atoms with Crippen molar-refractivity contribution in [2.45, 2.75) is 48.0 Å². The second-order valence-electron chi connectivity index (χ2n) is 3.71. The summed E-state index contributed by atoms with van der Waals surface area (Å²) in [6, 6.07) is 8.03. The quantitative estimate of drug-likeness (QED) is 0.728. The monoisotopic (exact) mass is 248 g/mol. The van der Waals surface area contributed by atoms with E-state index in [2.05, 4.69) is 24.0 Å². The van der Waals surface area contributed by atoms with Crippen molar-refractivity contribution in [1.29, 1.82) is 0 Å². The number of benzene rings is 1. The van der Waals surface area contributed by atoms with Gasteiger partial charge in [0.05, 0.1) is 0 Å². The average Bonchev–Trinajstić information content (AvgIpc) is 2.80. The minimum Gasteiger partial charge on any atom is -0.339 e. The van der Waals surface area contributed by atoms with E-state index in [0.29, 0.717) is 11.7 Å². The van der Waals surface area contributed by atoms with Gasteiger partial charge in [0.2, 0.25) is 11.7 Å². The Hall–Kier alpha value is -1.64. The van der Waals surface area contributed by atoms with Crippen LogP contribution < -0.4 is 0 Å². The highest BCUT2D eigenvalue weighted by atomic mass is 16.5. The fraction of sp³-hybridized carbons (Fsp3) is 0.467. The molecule has 1 heterocycles. The molecule has 0 unspecified atom stereocenters. The lowest BCUT2D eigenvalue weighted by atomic mass is 10.1. The molecule has 3 heteroatoms. The summed E-state index contributed by atoms with van der Waals surface area (Å²) in [6.45, 7) is 12.1. The van der Waals surface area contributed by atoms with Crippen molar-refractivity contribution in [1.82, 2.24) is 10.1 Å². The van der Waals surface area contributed by atoms with Crippen molar-refractivity contribution in [3.8, 4) is 11.4 Å². The smallest absolute Gasteiger partial charge is 0.223 e. The van der Waals surface area contributed by atoms with Crippen LogP contribution in [-0.4, -0.2) is 10.1 Å². The molecule has 100 valence electrons. The van der Waals surface area contributed by atoms with E-state index in [-0.39, 0.29) is 0 Å². The Morgan fingerprint density at radius 3 is 1.89 bits per heavy atom. The summed E-state index contributed by atoms with van der Waals surface area (Å²) in [6.07, 6.45) is 1.25. The third-order valence-electron chi connectivity index (χ3n) is 1.84. The van der Waals surface area contributed by atoms with Crippen molar-refractivity contribution in [3.63, 3.8) is 0 Å². The van der Waals surface area contributed by atoms with Gasteiger partial charge < -0.3 is 4.52 Å². The summed E-state index contributed by atoms with van der Waals surface area (Å²) in [7, 11) is 0. The maximum atomic E-state index is 4.89. The minimum atomic E-state index is 0.593. The second-order valence-corrected chi connectivity index (χ2v) is 3.71. The van der Waals surface area contributed by atoms with Gasteiger partial charge in [-0.05, 0) is 6.92 Å². The van der Waals surface area contributed by atoms with E-state index in [9.17, 15) is 0 Å². The molecule has 3 nitrogen and oxygen atoms in total. The number of nitrogens with zero attached hydrogens (tertiary/aromatic N) is 2. The van der Waals surface area contributed by atoms with E-state index < -0.39 is 0 Å². The lowest BCUT2D eigenvalue weighted by Gasteiger charge is -1.93. The van der Waals surface area contributed by atoms with E-state index in [1.165, 1.54) is 12.0 Å². The zero-order valence-corrected chi connectivity index (χ0v) is 12.3. The first-order valence-electron chi connectivity index (χ1n) is 6.54. The summed E-state index contributed by atoms with van der Waals surface area (Å²) in [5.41, 5.74) is 2.21. The Morgan fingerprint density at radius 2 is 1.50 bits per heavy atom. The molecule has 0 saturated carbocycles. The van der Waals surface area contributed by atoms with Crippen LogP contribution in [0, 0.1) is 13.8 Å². The summed E-state index contributed by atoms with van der Waals surface area (Å²) in [5.74, 6) is 1.24. The van der Waals surface area contributed by atoms with Crippen molar-refractivity contribution < 1.29 is 4.52 Å². The zero-order valence-electron chi connectivity index (χ0n) is 12.3. The number of hydrogen-bond donors (Lipinski definition) is 0. The highest BCUT2D eigenvalue weighted by molar-refractivity contribution is 5.54. The largest absolute Gasteiger partial charge is 0.339 e. The number of aromatic nitrogens is 2. The molecule has 0 saturated heterocycles. The SMILES string of the molecule is CC.CCC.Cc1ccc(-c2noc(C)n2)cc1. The molecular formula is C15H24N2O. The first-order valence-corrected chi connectivity index (χ1v) is 6.54. The Morgan fingerprint density at radius 1 is 1.00 bits per heavy atom. The first-order chi connectivity index (χ1) is 8.67. The lowest BCUT2D eigenvalue weighted by Crippen LogP contribution is -1.80. The normalized spacial score (nSPS) is 8.78. The summed E-state index contributed by atoms with van der Waals surface area (Å²) in [5, 5.41) is 3.83. The van der Waals surface area contributed by atoms with Crippen LogP contribution >= 0.6 is 0 Å². The van der Waals surface area contributed by atoms with Gasteiger partial charge in [-0.2, -0.15) is 4.98 Å². The molecule has 1 aromatic carbocycles. The van der Waals surface area contributed by atoms with Gasteiger partial charge in [0, 0.05) is 12.5 Å². The molecule has 0 atom stereocenters. The zero-order chi connectivity index (χ0) is 14.0. The fourth-order valence-electron chi connectivity index (χ4n) is 1.12. The Bertz CT molecular complexity index is 418. The summed E-state index contributed by atoms with van der Waals surface area (Å²) < 4.78 is 4.89. The van der Waals surface area contributed by atoms with Gasteiger partial charge in [-0.1, -0.05) is 69.1 Å². The van der Waals surface area contributed by atoms with Crippen LogP contribution in [0.5, 0.6) is 0 Å². The fourth-order valence-corrected chi connectivity index (χ4v) is 1.12. The maximum Gasteiger partial charge on any atom is 0.223 e. The van der Waals surface area contributed by atoms with Crippen molar-refractivity contribution in [2.75, 3.05) is 0 Å². The molecule has 1 aromatic heterocycles. The molecule has 2 rings (SSSR count). The van der Waals surface area contributed by atoms with Crippen molar-refractivity contribution in [3.05, 3.63) is 35.7 Å². The molecule has 0 N–H and O–H groups in total. The van der Waals surface area contributed by atoms with Gasteiger partial charge in [0.1, 0.15) is 0 Å². The Labute approximate surface area is 110 Å². The van der Waals surface area contributed by atoms with Gasteiger partial charge >= 0.3 is 0 Å². The first kappa shape index (κ1) is 16.4. The van der Waals surface area contributed by atoms with Crippen molar-refractivity contribution >= 4 is 0 Å². The highest BCUT2D eigenvalue weighted by Crippen LogP contribution is 2.15. The molecule has 0 aliphatic heterocycles. The van der Waals surface area contributed by atoms with Gasteiger partial charge in [0.15, 0.2) is 0 Å². The van der Waals surface area contributed by atoms with Gasteiger partial charge in [0.25, 0.3) is 0 Å². The van der Waals surface area contributed by atoms with E-state index in [1.54, 1.807) is 6.92 Å². The van der Waals surface area contributed by atoms with Crippen LogP contribution in [0.4, 0.5) is 0 Å². The second kappa shape index (κ2) is 9.40. The Kier molecular flexibility index (Phi) is 8.54. The molecule has 2 aromatic rings. The topological polar surface area (TPSA) is 38.9 Å². The number of hydrogen-bond acceptors (Lipinski definition) is 3. The standard InChI is InChI=1S/C10H10N2O.C3H8.C2H6/c1-7-3-5-9(6-4-7)10-11-8(2)13-12-10;1-3-2;1-2/h3-6H,1-2H3;3H2,1-2H3;1-2H3. The molecule has 0 bridgehead atoms. The van der Waals surface area contributed by atoms with Gasteiger partial charge in [-0.15, -0.1) is 0 Å². The average molecular weight is 248 g/mol. The molecule has 0 aliphatic rings. The van der Waals surface area contributed by atoms with Gasteiger partial charge in [-0.3, -0.25) is 0 Å². The van der Waals surface area contributed by atoms with E-state index in [0.717, 1.165) is 5.56 Å². The van der Waals surface area contributed by atoms with Gasteiger partial charge in [-0.25, -0.2) is 0 Å². The van der Waals surface area contributed by atoms with Crippen molar-refractivity contribution in [2.24, 2.45) is 0 Å². The van der Waals surface area contributed by atoms with Crippen LogP contribution in [-0.2, 0) is 0 Å². The summed E-state index contributed by atoms with van der Waals surface area (Å²) in [4.78, 5) is 4.13. The predicted molar refractivity (Wildman–Crippen MR) is 76.5 cm³/mol. The van der Waals surface area contributed by atoms with Crippen LogP contribution in [0.15, 0.2) is 28.8 Å². The van der Waals surface area contributed by atoms with E-state index in [4.69, 9.17) is 4.52 Å². The van der Waals surface area contributed by atoms with Crippen LogP contribution in [0.2, 0.25) is 0 Å². The molecule has 18 heavy (non-hydrogen) atoms. The number of aryl methyl sites for hydroxylation is 2. The molecule has 0 amide bonds. The third kappa shape index (κ3) is 5.62.